The van der Waals surface area contributed by atoms with Gasteiger partial charge in [0, 0.05) is 13.1 Å². The number of nitrogens with zero attached hydrogens (tertiary/aromatic N) is 2. The standard InChI is InChI=1S/C20H22N4O2/c1-15-23-17-9-5-6-10-18(17)24(15)12-11-21-20(26)14-22-19(25)13-16-7-3-2-4-8-16/h2-10H,11-14H2,1H3,(H,21,26)(H,22,25). The van der Waals surface area contributed by atoms with Crippen LogP contribution in [0.15, 0.2) is 54.6 Å². The lowest BCUT2D eigenvalue weighted by Crippen LogP contribution is -2.38. The molecule has 1 aromatic heterocycles. The molecule has 3 rings (SSSR count). The van der Waals surface area contributed by atoms with Crippen molar-refractivity contribution >= 4 is 22.8 Å². The molecule has 134 valence electrons. The van der Waals surface area contributed by atoms with Crippen LogP contribution in [0.4, 0.5) is 0 Å². The van der Waals surface area contributed by atoms with Crippen molar-refractivity contribution in [1.29, 1.82) is 0 Å². The van der Waals surface area contributed by atoms with Crippen LogP contribution in [-0.2, 0) is 22.6 Å². The molecule has 0 aliphatic carbocycles. The van der Waals surface area contributed by atoms with Gasteiger partial charge in [-0.1, -0.05) is 42.5 Å². The van der Waals surface area contributed by atoms with Gasteiger partial charge in [-0.05, 0) is 24.6 Å². The second kappa shape index (κ2) is 8.29. The minimum atomic E-state index is -0.200. The first-order chi connectivity index (χ1) is 12.6. The number of para-hydroxylation sites is 2. The van der Waals surface area contributed by atoms with E-state index < -0.39 is 0 Å². The van der Waals surface area contributed by atoms with E-state index in [1.54, 1.807) is 0 Å². The van der Waals surface area contributed by atoms with Crippen molar-refractivity contribution in [2.75, 3.05) is 13.1 Å². The third kappa shape index (κ3) is 4.47. The zero-order valence-electron chi connectivity index (χ0n) is 14.7. The van der Waals surface area contributed by atoms with Crippen molar-refractivity contribution in [2.24, 2.45) is 0 Å². The van der Waals surface area contributed by atoms with Gasteiger partial charge in [0.1, 0.15) is 5.82 Å². The van der Waals surface area contributed by atoms with Gasteiger partial charge in [0.05, 0.1) is 24.0 Å². The molecule has 0 saturated heterocycles. The highest BCUT2D eigenvalue weighted by Gasteiger charge is 2.08. The average Bonchev–Trinajstić information content (AvgIpc) is 2.96. The molecule has 2 amide bonds. The number of imidazole rings is 1. The number of hydrogen-bond donors (Lipinski definition) is 2. The molecule has 26 heavy (non-hydrogen) atoms. The van der Waals surface area contributed by atoms with Crippen molar-refractivity contribution in [3.63, 3.8) is 0 Å². The molecule has 0 fully saturated rings. The van der Waals surface area contributed by atoms with Gasteiger partial charge in [-0.15, -0.1) is 0 Å². The Balaban J connectivity index is 1.43. The largest absolute Gasteiger partial charge is 0.353 e. The fourth-order valence-corrected chi connectivity index (χ4v) is 2.87. The van der Waals surface area contributed by atoms with E-state index in [1.165, 1.54) is 0 Å². The van der Waals surface area contributed by atoms with Crippen molar-refractivity contribution in [3.05, 3.63) is 66.0 Å². The molecular weight excluding hydrogens is 328 g/mol. The first kappa shape index (κ1) is 17.7. The predicted octanol–water partition coefficient (Wildman–Crippen LogP) is 1.82. The van der Waals surface area contributed by atoms with Crippen LogP contribution in [0.5, 0.6) is 0 Å². The molecule has 6 heteroatoms. The molecule has 0 saturated carbocycles. The molecule has 0 atom stereocenters. The highest BCUT2D eigenvalue weighted by molar-refractivity contribution is 5.85. The number of aromatic nitrogens is 2. The van der Waals surface area contributed by atoms with Crippen LogP contribution in [0.3, 0.4) is 0 Å². The Morgan fingerprint density at radius 3 is 2.50 bits per heavy atom. The Morgan fingerprint density at radius 1 is 0.962 bits per heavy atom. The minimum Gasteiger partial charge on any atom is -0.353 e. The Labute approximate surface area is 152 Å². The van der Waals surface area contributed by atoms with Gasteiger partial charge in [-0.25, -0.2) is 4.98 Å². The van der Waals surface area contributed by atoms with E-state index in [9.17, 15) is 9.59 Å². The summed E-state index contributed by atoms with van der Waals surface area (Å²) in [6.07, 6.45) is 0.272. The van der Waals surface area contributed by atoms with Crippen LogP contribution < -0.4 is 10.6 Å². The summed E-state index contributed by atoms with van der Waals surface area (Å²) in [6.45, 7) is 3.05. The second-order valence-electron chi connectivity index (χ2n) is 6.09. The SMILES string of the molecule is Cc1nc2ccccc2n1CCNC(=O)CNC(=O)Cc1ccccc1. The summed E-state index contributed by atoms with van der Waals surface area (Å²) >= 11 is 0. The quantitative estimate of drug-likeness (QED) is 0.682. The maximum Gasteiger partial charge on any atom is 0.239 e. The molecular formula is C20H22N4O2. The molecule has 1 heterocycles. The minimum absolute atomic E-state index is 0.0185. The normalized spacial score (nSPS) is 10.7. The van der Waals surface area contributed by atoms with Crippen LogP contribution in [0.1, 0.15) is 11.4 Å². The van der Waals surface area contributed by atoms with Gasteiger partial charge < -0.3 is 15.2 Å². The van der Waals surface area contributed by atoms with Crippen molar-refractivity contribution in [2.45, 2.75) is 19.9 Å². The topological polar surface area (TPSA) is 76.0 Å². The van der Waals surface area contributed by atoms with Crippen molar-refractivity contribution < 1.29 is 9.59 Å². The summed E-state index contributed by atoms with van der Waals surface area (Å²) in [4.78, 5) is 28.3. The van der Waals surface area contributed by atoms with E-state index in [0.717, 1.165) is 22.4 Å². The molecule has 0 radical (unpaired) electrons. The molecule has 0 aliphatic rings. The van der Waals surface area contributed by atoms with E-state index in [4.69, 9.17) is 0 Å². The van der Waals surface area contributed by atoms with Crippen LogP contribution in [0, 0.1) is 6.92 Å². The molecule has 3 aromatic rings. The van der Waals surface area contributed by atoms with E-state index >= 15 is 0 Å². The second-order valence-corrected chi connectivity index (χ2v) is 6.09. The van der Waals surface area contributed by atoms with E-state index in [2.05, 4.69) is 20.2 Å². The first-order valence-electron chi connectivity index (χ1n) is 8.62. The molecule has 0 aliphatic heterocycles. The zero-order chi connectivity index (χ0) is 18.4. The molecule has 2 N–H and O–H groups in total. The molecule has 6 nitrogen and oxygen atoms in total. The average molecular weight is 350 g/mol. The first-order valence-corrected chi connectivity index (χ1v) is 8.62. The summed E-state index contributed by atoms with van der Waals surface area (Å²) in [7, 11) is 0. The fourth-order valence-electron chi connectivity index (χ4n) is 2.87. The Hall–Kier alpha value is -3.15. The lowest BCUT2D eigenvalue weighted by Gasteiger charge is -2.09. The number of hydrogen-bond acceptors (Lipinski definition) is 3. The smallest absolute Gasteiger partial charge is 0.239 e. The highest BCUT2D eigenvalue weighted by atomic mass is 16.2. The Bertz CT molecular complexity index is 903. The number of benzene rings is 2. The number of carbonyl (C=O) groups is 2. The van der Waals surface area contributed by atoms with Gasteiger partial charge in [-0.3, -0.25) is 9.59 Å². The van der Waals surface area contributed by atoms with Crippen LogP contribution >= 0.6 is 0 Å². The van der Waals surface area contributed by atoms with E-state index in [-0.39, 0.29) is 24.8 Å². The van der Waals surface area contributed by atoms with Crippen molar-refractivity contribution in [3.8, 4) is 0 Å². The summed E-state index contributed by atoms with van der Waals surface area (Å²) < 4.78 is 2.07. The van der Waals surface area contributed by atoms with Gasteiger partial charge in [-0.2, -0.15) is 0 Å². The summed E-state index contributed by atoms with van der Waals surface area (Å²) in [5.41, 5.74) is 2.92. The maximum absolute atomic E-state index is 11.9. The fraction of sp³-hybridized carbons (Fsp3) is 0.250. The molecule has 0 spiro atoms. The number of carbonyl (C=O) groups excluding carboxylic acids is 2. The number of nitrogens with one attached hydrogen (secondary N) is 2. The summed E-state index contributed by atoms with van der Waals surface area (Å²) in [5, 5.41) is 5.48. The third-order valence-corrected chi connectivity index (χ3v) is 4.16. The lowest BCUT2D eigenvalue weighted by atomic mass is 10.1. The number of aryl methyl sites for hydroxylation is 1. The third-order valence-electron chi connectivity index (χ3n) is 4.16. The monoisotopic (exact) mass is 350 g/mol. The lowest BCUT2D eigenvalue weighted by molar-refractivity contribution is -0.125. The zero-order valence-corrected chi connectivity index (χ0v) is 14.7. The van der Waals surface area contributed by atoms with Crippen molar-refractivity contribution in [1.82, 2.24) is 20.2 Å². The number of fused-ring (bicyclic) bond motifs is 1. The van der Waals surface area contributed by atoms with Crippen LogP contribution in [-0.4, -0.2) is 34.5 Å². The van der Waals surface area contributed by atoms with E-state index in [1.807, 2.05) is 61.5 Å². The molecule has 0 bridgehead atoms. The Kier molecular flexibility index (Phi) is 5.63. The molecule has 0 unspecified atom stereocenters. The predicted molar refractivity (Wildman–Crippen MR) is 101 cm³/mol. The summed E-state index contributed by atoms with van der Waals surface area (Å²) in [6, 6.07) is 17.4. The Morgan fingerprint density at radius 2 is 1.69 bits per heavy atom. The number of amides is 2. The summed E-state index contributed by atoms with van der Waals surface area (Å²) in [5.74, 6) is 0.549. The van der Waals surface area contributed by atoms with Gasteiger partial charge in [0.2, 0.25) is 11.8 Å². The van der Waals surface area contributed by atoms with Gasteiger partial charge in [0.15, 0.2) is 0 Å². The maximum atomic E-state index is 11.9. The van der Waals surface area contributed by atoms with Crippen LogP contribution in [0.2, 0.25) is 0 Å². The molecule has 2 aromatic carbocycles. The van der Waals surface area contributed by atoms with Gasteiger partial charge in [0.25, 0.3) is 0 Å². The number of rotatable bonds is 7. The van der Waals surface area contributed by atoms with Crippen LogP contribution in [0.25, 0.3) is 11.0 Å². The van der Waals surface area contributed by atoms with Gasteiger partial charge >= 0.3 is 0 Å². The highest BCUT2D eigenvalue weighted by Crippen LogP contribution is 2.14. The van der Waals surface area contributed by atoms with E-state index in [0.29, 0.717) is 13.1 Å².